The fourth-order valence-electron chi connectivity index (χ4n) is 3.78. The van der Waals surface area contributed by atoms with E-state index < -0.39 is 0 Å². The number of amides is 1. The lowest BCUT2D eigenvalue weighted by Gasteiger charge is -2.33. The van der Waals surface area contributed by atoms with Crippen LogP contribution in [0.2, 0.25) is 0 Å². The van der Waals surface area contributed by atoms with E-state index >= 15 is 0 Å². The second-order valence-electron chi connectivity index (χ2n) is 7.11. The zero-order valence-electron chi connectivity index (χ0n) is 16.6. The molecule has 0 aliphatic carbocycles. The maximum Gasteiger partial charge on any atom is 0.260 e. The first-order valence-electron chi connectivity index (χ1n) is 10.1. The first kappa shape index (κ1) is 19.1. The van der Waals surface area contributed by atoms with Crippen molar-refractivity contribution in [3.05, 3.63) is 66.6 Å². The molecule has 0 spiro atoms. The standard InChI is InChI=1S/C22H25N5O2/c1-2-19-23-12-14-27(19)22-21(24-10-11-25-22)17-7-6-13-26(15-17)20(28)16-29-18-8-4-3-5-9-18/h3-5,8-12,14,17H,2,6-7,13,15-16H2,1H3/t17-/m0/s1. The predicted molar refractivity (Wildman–Crippen MR) is 109 cm³/mol. The molecule has 2 aromatic heterocycles. The smallest absolute Gasteiger partial charge is 0.260 e. The molecular formula is C22H25N5O2. The van der Waals surface area contributed by atoms with Gasteiger partial charge in [0, 0.05) is 50.2 Å². The molecule has 7 nitrogen and oxygen atoms in total. The molecule has 150 valence electrons. The number of ether oxygens (including phenoxy) is 1. The van der Waals surface area contributed by atoms with Crippen LogP contribution in [0.25, 0.3) is 5.82 Å². The van der Waals surface area contributed by atoms with Crippen molar-refractivity contribution in [2.45, 2.75) is 32.1 Å². The molecule has 0 saturated carbocycles. The van der Waals surface area contributed by atoms with Gasteiger partial charge in [-0.2, -0.15) is 0 Å². The van der Waals surface area contributed by atoms with Gasteiger partial charge < -0.3 is 9.64 Å². The number of aryl methyl sites for hydroxylation is 1. The van der Waals surface area contributed by atoms with E-state index in [1.807, 2.05) is 46.0 Å². The van der Waals surface area contributed by atoms with E-state index in [-0.39, 0.29) is 18.4 Å². The molecule has 0 bridgehead atoms. The number of piperidine rings is 1. The Morgan fingerprint density at radius 1 is 1.14 bits per heavy atom. The van der Waals surface area contributed by atoms with Crippen LogP contribution in [0.15, 0.2) is 55.1 Å². The average molecular weight is 391 g/mol. The highest BCUT2D eigenvalue weighted by molar-refractivity contribution is 5.78. The molecular weight excluding hydrogens is 366 g/mol. The first-order chi connectivity index (χ1) is 14.3. The van der Waals surface area contributed by atoms with Crippen molar-refractivity contribution in [3.63, 3.8) is 0 Å². The van der Waals surface area contributed by atoms with Crippen molar-refractivity contribution in [1.29, 1.82) is 0 Å². The van der Waals surface area contributed by atoms with Gasteiger partial charge in [0.05, 0.1) is 5.69 Å². The number of benzene rings is 1. The van der Waals surface area contributed by atoms with Gasteiger partial charge in [-0.15, -0.1) is 0 Å². The summed E-state index contributed by atoms with van der Waals surface area (Å²) in [7, 11) is 0. The average Bonchev–Trinajstić information content (AvgIpc) is 3.27. The van der Waals surface area contributed by atoms with E-state index in [0.717, 1.165) is 43.1 Å². The number of para-hydroxylation sites is 1. The molecule has 1 aliphatic heterocycles. The Labute approximate surface area is 170 Å². The van der Waals surface area contributed by atoms with Gasteiger partial charge in [-0.25, -0.2) is 9.97 Å². The van der Waals surface area contributed by atoms with Crippen molar-refractivity contribution in [2.75, 3.05) is 19.7 Å². The van der Waals surface area contributed by atoms with E-state index in [4.69, 9.17) is 4.74 Å². The van der Waals surface area contributed by atoms with Gasteiger partial charge in [0.25, 0.3) is 5.91 Å². The number of nitrogens with zero attached hydrogens (tertiary/aromatic N) is 5. The van der Waals surface area contributed by atoms with Crippen LogP contribution in [0, 0.1) is 0 Å². The lowest BCUT2D eigenvalue weighted by molar-refractivity contribution is -0.134. The van der Waals surface area contributed by atoms with Crippen LogP contribution in [0.3, 0.4) is 0 Å². The Morgan fingerprint density at radius 3 is 2.79 bits per heavy atom. The summed E-state index contributed by atoms with van der Waals surface area (Å²) < 4.78 is 7.64. The second-order valence-corrected chi connectivity index (χ2v) is 7.11. The Morgan fingerprint density at radius 2 is 1.97 bits per heavy atom. The highest BCUT2D eigenvalue weighted by atomic mass is 16.5. The summed E-state index contributed by atoms with van der Waals surface area (Å²) in [5, 5.41) is 0. The van der Waals surface area contributed by atoms with Crippen LogP contribution in [-0.2, 0) is 11.2 Å². The van der Waals surface area contributed by atoms with Crippen LogP contribution in [-0.4, -0.2) is 50.0 Å². The monoisotopic (exact) mass is 391 g/mol. The molecule has 0 radical (unpaired) electrons. The number of carbonyl (C=O) groups is 1. The van der Waals surface area contributed by atoms with Gasteiger partial charge in [-0.05, 0) is 25.0 Å². The summed E-state index contributed by atoms with van der Waals surface area (Å²) in [4.78, 5) is 28.2. The van der Waals surface area contributed by atoms with Gasteiger partial charge in [0.1, 0.15) is 11.6 Å². The molecule has 1 aliphatic rings. The van der Waals surface area contributed by atoms with Crippen LogP contribution < -0.4 is 4.74 Å². The lowest BCUT2D eigenvalue weighted by Crippen LogP contribution is -2.42. The largest absolute Gasteiger partial charge is 0.484 e. The van der Waals surface area contributed by atoms with E-state index in [0.29, 0.717) is 12.3 Å². The van der Waals surface area contributed by atoms with Crippen molar-refractivity contribution in [2.24, 2.45) is 0 Å². The molecule has 1 fully saturated rings. The number of hydrogen-bond donors (Lipinski definition) is 0. The van der Waals surface area contributed by atoms with E-state index in [9.17, 15) is 4.79 Å². The third kappa shape index (κ3) is 4.29. The molecule has 1 atom stereocenters. The SMILES string of the molecule is CCc1nccn1-c1nccnc1[C@H]1CCCN(C(=O)COc2ccccc2)C1. The zero-order chi connectivity index (χ0) is 20.1. The lowest BCUT2D eigenvalue weighted by atomic mass is 9.94. The first-order valence-corrected chi connectivity index (χ1v) is 10.1. The number of imidazole rings is 1. The molecule has 4 rings (SSSR count). The molecule has 29 heavy (non-hydrogen) atoms. The third-order valence-electron chi connectivity index (χ3n) is 5.23. The summed E-state index contributed by atoms with van der Waals surface area (Å²) in [6, 6.07) is 9.43. The van der Waals surface area contributed by atoms with E-state index in [1.165, 1.54) is 0 Å². The zero-order valence-corrected chi connectivity index (χ0v) is 16.6. The minimum absolute atomic E-state index is 0.000807. The van der Waals surface area contributed by atoms with Gasteiger partial charge in [-0.1, -0.05) is 25.1 Å². The maximum absolute atomic E-state index is 12.7. The summed E-state index contributed by atoms with van der Waals surface area (Å²) in [6.07, 6.45) is 9.86. The number of hydrogen-bond acceptors (Lipinski definition) is 5. The fraction of sp³-hybridized carbons (Fsp3) is 0.364. The van der Waals surface area contributed by atoms with Gasteiger partial charge >= 0.3 is 0 Å². The highest BCUT2D eigenvalue weighted by Gasteiger charge is 2.28. The molecule has 1 aromatic carbocycles. The van der Waals surface area contributed by atoms with Crippen LogP contribution in [0.1, 0.15) is 37.2 Å². The van der Waals surface area contributed by atoms with Gasteiger partial charge in [0.2, 0.25) is 0 Å². The molecule has 3 heterocycles. The second kappa shape index (κ2) is 8.86. The van der Waals surface area contributed by atoms with Crippen molar-refractivity contribution in [3.8, 4) is 11.6 Å². The van der Waals surface area contributed by atoms with Crippen molar-refractivity contribution < 1.29 is 9.53 Å². The minimum Gasteiger partial charge on any atom is -0.484 e. The number of carbonyl (C=O) groups excluding carboxylic acids is 1. The Balaban J connectivity index is 1.48. The topological polar surface area (TPSA) is 73.1 Å². The number of likely N-dealkylation sites (tertiary alicyclic amines) is 1. The molecule has 7 heteroatoms. The van der Waals surface area contributed by atoms with E-state index in [2.05, 4.69) is 21.9 Å². The van der Waals surface area contributed by atoms with Crippen LogP contribution in [0.4, 0.5) is 0 Å². The molecule has 0 unspecified atom stereocenters. The van der Waals surface area contributed by atoms with Crippen molar-refractivity contribution >= 4 is 5.91 Å². The molecule has 1 amide bonds. The van der Waals surface area contributed by atoms with Gasteiger partial charge in [0.15, 0.2) is 12.4 Å². The Bertz CT molecular complexity index is 957. The maximum atomic E-state index is 12.7. The summed E-state index contributed by atoms with van der Waals surface area (Å²) in [6.45, 7) is 3.49. The van der Waals surface area contributed by atoms with E-state index in [1.54, 1.807) is 18.6 Å². The number of aromatic nitrogens is 4. The highest BCUT2D eigenvalue weighted by Crippen LogP contribution is 2.29. The minimum atomic E-state index is 0.000807. The molecule has 1 saturated heterocycles. The van der Waals surface area contributed by atoms with Crippen LogP contribution in [0.5, 0.6) is 5.75 Å². The summed E-state index contributed by atoms with van der Waals surface area (Å²) in [5.74, 6) is 2.60. The summed E-state index contributed by atoms with van der Waals surface area (Å²) in [5.41, 5.74) is 0.918. The quantitative estimate of drug-likeness (QED) is 0.646. The molecule has 3 aromatic rings. The Kier molecular flexibility index (Phi) is 5.84. The van der Waals surface area contributed by atoms with Crippen molar-refractivity contribution in [1.82, 2.24) is 24.4 Å². The summed E-state index contributed by atoms with van der Waals surface area (Å²) >= 11 is 0. The molecule has 0 N–H and O–H groups in total. The predicted octanol–water partition coefficient (Wildman–Crippen LogP) is 3.01. The van der Waals surface area contributed by atoms with Gasteiger partial charge in [-0.3, -0.25) is 14.3 Å². The normalized spacial score (nSPS) is 16.6. The van der Waals surface area contributed by atoms with Crippen LogP contribution >= 0.6 is 0 Å². The number of rotatable bonds is 6. The Hall–Kier alpha value is -3.22. The fourth-order valence-corrected chi connectivity index (χ4v) is 3.78. The third-order valence-corrected chi connectivity index (χ3v) is 5.23.